The van der Waals surface area contributed by atoms with E-state index in [-0.39, 0.29) is 0 Å². The van der Waals surface area contributed by atoms with Crippen LogP contribution in [0.4, 0.5) is 0 Å². The Morgan fingerprint density at radius 2 is 1.96 bits per heavy atom. The fourth-order valence-corrected chi connectivity index (χ4v) is 3.54. The van der Waals surface area contributed by atoms with Gasteiger partial charge < -0.3 is 5.11 Å². The van der Waals surface area contributed by atoms with Gasteiger partial charge in [-0.2, -0.15) is 0 Å². The molecule has 1 aromatic heterocycles. The average Bonchev–Trinajstić information content (AvgIpc) is 3.07. The van der Waals surface area contributed by atoms with Crippen molar-refractivity contribution < 1.29 is 9.90 Å². The zero-order valence-corrected chi connectivity index (χ0v) is 13.8. The number of hydrogen-bond acceptors (Lipinski definition) is 4. The summed E-state index contributed by atoms with van der Waals surface area (Å²) < 4.78 is 1.50. The highest BCUT2D eigenvalue weighted by molar-refractivity contribution is 5.72. The summed E-state index contributed by atoms with van der Waals surface area (Å²) >= 11 is 0. The molecule has 0 radical (unpaired) electrons. The Bertz CT molecular complexity index is 650. The third kappa shape index (κ3) is 4.19. The molecular weight excluding hydrogens is 304 g/mol. The average molecular weight is 328 g/mol. The molecule has 0 bridgehead atoms. The lowest BCUT2D eigenvalue weighted by Gasteiger charge is -2.21. The van der Waals surface area contributed by atoms with Crippen molar-refractivity contribution in [2.24, 2.45) is 5.92 Å². The van der Waals surface area contributed by atoms with Crippen molar-refractivity contribution in [3.8, 4) is 0 Å². The molecule has 128 valence electrons. The second-order valence-electron chi connectivity index (χ2n) is 6.63. The molecule has 1 fully saturated rings. The summed E-state index contributed by atoms with van der Waals surface area (Å²) in [6.45, 7) is 0. The lowest BCUT2D eigenvalue weighted by atomic mass is 9.86. The van der Waals surface area contributed by atoms with Crippen LogP contribution >= 0.6 is 0 Å². The minimum absolute atomic E-state index is 0.387. The summed E-state index contributed by atoms with van der Waals surface area (Å²) in [6, 6.07) is 8.86. The van der Waals surface area contributed by atoms with Crippen LogP contribution in [-0.2, 0) is 17.6 Å². The third-order valence-electron chi connectivity index (χ3n) is 4.91. The predicted molar refractivity (Wildman–Crippen MR) is 89.5 cm³/mol. The molecule has 1 aromatic carbocycles. The standard InChI is InChI=1S/C18H24N4O2/c23-18(24)16(13-15-9-5-2-6-10-15)22-17(19-20-21-22)12-11-14-7-3-1-4-8-14/h2,5-6,9-10,14,16H,1,3-4,7-8,11-13H2,(H,23,24). The zero-order valence-electron chi connectivity index (χ0n) is 13.8. The normalized spacial score (nSPS) is 16.8. The number of aromatic nitrogens is 4. The van der Waals surface area contributed by atoms with E-state index in [0.717, 1.165) is 24.3 Å². The second-order valence-corrected chi connectivity index (χ2v) is 6.63. The highest BCUT2D eigenvalue weighted by Gasteiger charge is 2.25. The molecule has 0 spiro atoms. The lowest BCUT2D eigenvalue weighted by Crippen LogP contribution is -2.25. The number of carbonyl (C=O) groups is 1. The first-order valence-corrected chi connectivity index (χ1v) is 8.77. The van der Waals surface area contributed by atoms with E-state index < -0.39 is 12.0 Å². The topological polar surface area (TPSA) is 80.9 Å². The zero-order chi connectivity index (χ0) is 16.8. The largest absolute Gasteiger partial charge is 0.480 e. The lowest BCUT2D eigenvalue weighted by molar-refractivity contribution is -0.141. The Labute approximate surface area is 141 Å². The maximum Gasteiger partial charge on any atom is 0.328 e. The highest BCUT2D eigenvalue weighted by atomic mass is 16.4. The first-order chi connectivity index (χ1) is 11.7. The maximum absolute atomic E-state index is 11.7. The van der Waals surface area contributed by atoms with Crippen LogP contribution in [0.1, 0.15) is 56.0 Å². The molecule has 1 aliphatic rings. The number of tetrazole rings is 1. The smallest absolute Gasteiger partial charge is 0.328 e. The Morgan fingerprint density at radius 3 is 2.67 bits per heavy atom. The van der Waals surface area contributed by atoms with Gasteiger partial charge in [-0.1, -0.05) is 62.4 Å². The summed E-state index contributed by atoms with van der Waals surface area (Å²) in [5.74, 6) is 0.510. The molecule has 1 heterocycles. The van der Waals surface area contributed by atoms with E-state index in [0.29, 0.717) is 12.2 Å². The summed E-state index contributed by atoms with van der Waals surface area (Å²) in [7, 11) is 0. The van der Waals surface area contributed by atoms with Gasteiger partial charge in [0.2, 0.25) is 0 Å². The molecule has 0 saturated heterocycles. The monoisotopic (exact) mass is 328 g/mol. The van der Waals surface area contributed by atoms with Crippen LogP contribution < -0.4 is 0 Å². The van der Waals surface area contributed by atoms with E-state index in [2.05, 4.69) is 15.5 Å². The molecule has 0 aliphatic heterocycles. The molecule has 2 aromatic rings. The van der Waals surface area contributed by atoms with Gasteiger partial charge in [-0.3, -0.25) is 0 Å². The van der Waals surface area contributed by atoms with Gasteiger partial charge in [0, 0.05) is 12.8 Å². The summed E-state index contributed by atoms with van der Waals surface area (Å²) in [5, 5.41) is 21.4. The van der Waals surface area contributed by atoms with E-state index in [1.54, 1.807) is 0 Å². The number of rotatable bonds is 7. The first kappa shape index (κ1) is 16.6. The Hall–Kier alpha value is -2.24. The quantitative estimate of drug-likeness (QED) is 0.845. The first-order valence-electron chi connectivity index (χ1n) is 8.77. The van der Waals surface area contributed by atoms with Crippen molar-refractivity contribution in [3.05, 3.63) is 41.7 Å². The summed E-state index contributed by atoms with van der Waals surface area (Å²) in [6.07, 6.45) is 8.67. The molecular formula is C18H24N4O2. The second kappa shape index (κ2) is 8.04. The van der Waals surface area contributed by atoms with Crippen molar-refractivity contribution in [3.63, 3.8) is 0 Å². The van der Waals surface area contributed by atoms with Gasteiger partial charge in [-0.25, -0.2) is 9.48 Å². The van der Waals surface area contributed by atoms with E-state index in [1.807, 2.05) is 30.3 Å². The number of carboxylic acid groups (broad SMARTS) is 1. The number of nitrogens with zero attached hydrogens (tertiary/aromatic N) is 4. The van der Waals surface area contributed by atoms with Crippen molar-refractivity contribution in [2.75, 3.05) is 0 Å². The van der Waals surface area contributed by atoms with Gasteiger partial charge in [0.15, 0.2) is 11.9 Å². The van der Waals surface area contributed by atoms with Crippen LogP contribution in [0, 0.1) is 5.92 Å². The molecule has 24 heavy (non-hydrogen) atoms. The number of benzene rings is 1. The molecule has 6 heteroatoms. The van der Waals surface area contributed by atoms with E-state index in [4.69, 9.17) is 0 Å². The highest BCUT2D eigenvalue weighted by Crippen LogP contribution is 2.27. The minimum atomic E-state index is -0.898. The molecule has 1 N–H and O–H groups in total. The predicted octanol–water partition coefficient (Wildman–Crippen LogP) is 3.05. The Kier molecular flexibility index (Phi) is 5.56. The molecule has 1 saturated carbocycles. The molecule has 1 atom stereocenters. The number of hydrogen-bond donors (Lipinski definition) is 1. The van der Waals surface area contributed by atoms with Gasteiger partial charge in [0.1, 0.15) is 0 Å². The van der Waals surface area contributed by atoms with Crippen LogP contribution in [-0.4, -0.2) is 31.3 Å². The van der Waals surface area contributed by atoms with E-state index >= 15 is 0 Å². The van der Waals surface area contributed by atoms with Gasteiger partial charge in [0.25, 0.3) is 0 Å². The van der Waals surface area contributed by atoms with Crippen molar-refractivity contribution >= 4 is 5.97 Å². The van der Waals surface area contributed by atoms with Crippen LogP contribution in [0.2, 0.25) is 0 Å². The number of aliphatic carboxylic acids is 1. The van der Waals surface area contributed by atoms with Crippen LogP contribution in [0.5, 0.6) is 0 Å². The van der Waals surface area contributed by atoms with Gasteiger partial charge in [-0.15, -0.1) is 5.10 Å². The van der Waals surface area contributed by atoms with E-state index in [9.17, 15) is 9.90 Å². The van der Waals surface area contributed by atoms with Gasteiger partial charge in [-0.05, 0) is 28.3 Å². The third-order valence-corrected chi connectivity index (χ3v) is 4.91. The van der Waals surface area contributed by atoms with Gasteiger partial charge >= 0.3 is 5.97 Å². The van der Waals surface area contributed by atoms with E-state index in [1.165, 1.54) is 36.8 Å². The fraction of sp³-hybridized carbons (Fsp3) is 0.556. The van der Waals surface area contributed by atoms with Gasteiger partial charge in [0.05, 0.1) is 0 Å². The Morgan fingerprint density at radius 1 is 1.21 bits per heavy atom. The molecule has 3 rings (SSSR count). The van der Waals surface area contributed by atoms with Crippen LogP contribution in [0.15, 0.2) is 30.3 Å². The molecule has 6 nitrogen and oxygen atoms in total. The van der Waals surface area contributed by atoms with Crippen molar-refractivity contribution in [1.29, 1.82) is 0 Å². The molecule has 1 unspecified atom stereocenters. The molecule has 1 aliphatic carbocycles. The fourth-order valence-electron chi connectivity index (χ4n) is 3.54. The maximum atomic E-state index is 11.7. The van der Waals surface area contributed by atoms with Crippen molar-refractivity contribution in [1.82, 2.24) is 20.2 Å². The SMILES string of the molecule is O=C(O)C(Cc1ccccc1)n1nnnc1CCC1CCCCC1. The minimum Gasteiger partial charge on any atom is -0.480 e. The summed E-state index contributed by atoms with van der Waals surface area (Å²) in [4.78, 5) is 11.7. The van der Waals surface area contributed by atoms with Crippen LogP contribution in [0.3, 0.4) is 0 Å². The summed E-state index contributed by atoms with van der Waals surface area (Å²) in [5.41, 5.74) is 0.971. The van der Waals surface area contributed by atoms with Crippen molar-refractivity contribution in [2.45, 2.75) is 57.4 Å². The molecule has 0 amide bonds. The van der Waals surface area contributed by atoms with Crippen LogP contribution in [0.25, 0.3) is 0 Å². The Balaban J connectivity index is 1.69. The number of aryl methyl sites for hydroxylation is 1. The number of carboxylic acids is 1.